The summed E-state index contributed by atoms with van der Waals surface area (Å²) >= 11 is 3.36. The van der Waals surface area contributed by atoms with E-state index >= 15 is 0 Å². The number of hydrogen-bond donors (Lipinski definition) is 0. The average molecular weight is 297 g/mol. The molecule has 1 unspecified atom stereocenters. The Morgan fingerprint density at radius 1 is 1.59 bits per heavy atom. The highest BCUT2D eigenvalue weighted by molar-refractivity contribution is 9.10. The van der Waals surface area contributed by atoms with Gasteiger partial charge in [0.2, 0.25) is 0 Å². The van der Waals surface area contributed by atoms with E-state index < -0.39 is 0 Å². The monoisotopic (exact) mass is 296 g/mol. The van der Waals surface area contributed by atoms with Gasteiger partial charge >= 0.3 is 0 Å². The second-order valence-electron chi connectivity index (χ2n) is 3.82. The number of fused-ring (bicyclic) bond motifs is 1. The molecule has 1 aromatic carbocycles. The Morgan fingerprint density at radius 2 is 2.41 bits per heavy atom. The lowest BCUT2D eigenvalue weighted by Gasteiger charge is -2.08. The molecular weight excluding hydrogens is 288 g/mol. The van der Waals surface area contributed by atoms with Gasteiger partial charge in [-0.05, 0) is 28.1 Å². The van der Waals surface area contributed by atoms with Gasteiger partial charge in [0.1, 0.15) is 18.5 Å². The first-order valence-electron chi connectivity index (χ1n) is 5.19. The maximum absolute atomic E-state index is 11.0. The smallest absolute Gasteiger partial charge is 0.153 e. The topological polar surface area (TPSA) is 52.0 Å². The van der Waals surface area contributed by atoms with Crippen molar-refractivity contribution in [1.29, 1.82) is 0 Å². The number of ether oxygens (including phenoxy) is 2. The molecule has 1 aliphatic rings. The predicted octanol–water partition coefficient (Wildman–Crippen LogP) is 2.79. The fraction of sp³-hybridized carbons (Fsp3) is 0.250. The molecule has 0 bridgehead atoms. The number of epoxide rings is 1. The molecular formula is C12H9BrO4. The van der Waals surface area contributed by atoms with Gasteiger partial charge in [0.05, 0.1) is 28.3 Å². The molecule has 0 spiro atoms. The van der Waals surface area contributed by atoms with Gasteiger partial charge in [0.15, 0.2) is 11.9 Å². The van der Waals surface area contributed by atoms with Gasteiger partial charge < -0.3 is 13.9 Å². The van der Waals surface area contributed by atoms with Crippen LogP contribution in [-0.2, 0) is 4.74 Å². The first-order valence-corrected chi connectivity index (χ1v) is 5.98. The summed E-state index contributed by atoms with van der Waals surface area (Å²) in [5.41, 5.74) is 1.19. The predicted molar refractivity (Wildman–Crippen MR) is 64.5 cm³/mol. The Labute approximate surface area is 106 Å². The Hall–Kier alpha value is -1.33. The van der Waals surface area contributed by atoms with Gasteiger partial charge in [-0.2, -0.15) is 0 Å². The molecule has 0 saturated carbocycles. The fourth-order valence-corrected chi connectivity index (χ4v) is 2.24. The van der Waals surface area contributed by atoms with Crippen molar-refractivity contribution in [2.45, 2.75) is 6.10 Å². The second-order valence-corrected chi connectivity index (χ2v) is 4.68. The summed E-state index contributed by atoms with van der Waals surface area (Å²) in [5.74, 6) is 0.558. The maximum atomic E-state index is 11.0. The van der Waals surface area contributed by atoms with Crippen LogP contribution in [0.5, 0.6) is 5.75 Å². The Bertz CT molecular complexity index is 571. The summed E-state index contributed by atoms with van der Waals surface area (Å²) in [6.07, 6.45) is 2.50. The van der Waals surface area contributed by atoms with Crippen LogP contribution in [0.4, 0.5) is 0 Å². The van der Waals surface area contributed by atoms with Crippen LogP contribution < -0.4 is 4.74 Å². The summed E-state index contributed by atoms with van der Waals surface area (Å²) in [6.45, 7) is 1.18. The van der Waals surface area contributed by atoms with E-state index in [1.54, 1.807) is 18.4 Å². The summed E-state index contributed by atoms with van der Waals surface area (Å²) in [4.78, 5) is 11.0. The van der Waals surface area contributed by atoms with Crippen molar-refractivity contribution in [3.8, 4) is 5.75 Å². The molecule has 1 aliphatic heterocycles. The van der Waals surface area contributed by atoms with Gasteiger partial charge in [-0.1, -0.05) is 0 Å². The van der Waals surface area contributed by atoms with E-state index in [2.05, 4.69) is 15.9 Å². The lowest BCUT2D eigenvalue weighted by molar-refractivity contribution is 0.111. The molecule has 1 atom stereocenters. The van der Waals surface area contributed by atoms with Gasteiger partial charge in [0.25, 0.3) is 0 Å². The van der Waals surface area contributed by atoms with E-state index in [0.29, 0.717) is 23.5 Å². The zero-order chi connectivity index (χ0) is 11.8. The van der Waals surface area contributed by atoms with Crippen LogP contribution in [0.3, 0.4) is 0 Å². The van der Waals surface area contributed by atoms with Crippen LogP contribution in [-0.4, -0.2) is 25.6 Å². The Kier molecular flexibility index (Phi) is 2.64. The summed E-state index contributed by atoms with van der Waals surface area (Å²) < 4.78 is 16.8. The maximum Gasteiger partial charge on any atom is 0.153 e. The number of furan rings is 1. The molecule has 88 valence electrons. The number of halogens is 1. The number of carbonyl (C=O) groups excluding carboxylic acids is 1. The Morgan fingerprint density at radius 3 is 3.12 bits per heavy atom. The van der Waals surface area contributed by atoms with Crippen molar-refractivity contribution in [3.05, 3.63) is 28.4 Å². The molecule has 1 fully saturated rings. The van der Waals surface area contributed by atoms with Crippen LogP contribution in [0.15, 0.2) is 27.3 Å². The molecule has 1 saturated heterocycles. The minimum atomic E-state index is 0.153. The molecule has 3 rings (SSSR count). The zero-order valence-corrected chi connectivity index (χ0v) is 10.4. The van der Waals surface area contributed by atoms with E-state index in [0.717, 1.165) is 22.8 Å². The molecule has 4 nitrogen and oxygen atoms in total. The number of aldehydes is 1. The normalized spacial score (nSPS) is 18.3. The molecule has 2 aromatic rings. The summed E-state index contributed by atoms with van der Waals surface area (Å²) in [7, 11) is 0. The van der Waals surface area contributed by atoms with Gasteiger partial charge in [-0.3, -0.25) is 4.79 Å². The third-order valence-corrected chi connectivity index (χ3v) is 3.20. The third-order valence-electron chi connectivity index (χ3n) is 2.61. The van der Waals surface area contributed by atoms with Gasteiger partial charge in [0, 0.05) is 0 Å². The minimum absolute atomic E-state index is 0.153. The molecule has 2 heterocycles. The molecule has 0 radical (unpaired) electrons. The van der Waals surface area contributed by atoms with E-state index in [1.807, 2.05) is 0 Å². The van der Waals surface area contributed by atoms with E-state index in [9.17, 15) is 4.79 Å². The zero-order valence-electron chi connectivity index (χ0n) is 8.81. The SMILES string of the molecule is O=Cc1cc(Br)c2occc2c1OCC1CO1. The number of hydrogen-bond acceptors (Lipinski definition) is 4. The third kappa shape index (κ3) is 1.96. The van der Waals surface area contributed by atoms with Crippen LogP contribution in [0, 0.1) is 0 Å². The molecule has 5 heteroatoms. The Balaban J connectivity index is 2.07. The van der Waals surface area contributed by atoms with E-state index in [-0.39, 0.29) is 6.10 Å². The first kappa shape index (κ1) is 10.8. The minimum Gasteiger partial charge on any atom is -0.489 e. The number of carbonyl (C=O) groups is 1. The molecule has 0 aliphatic carbocycles. The molecule has 0 amide bonds. The quantitative estimate of drug-likeness (QED) is 0.643. The fourth-order valence-electron chi connectivity index (χ4n) is 1.69. The average Bonchev–Trinajstić information content (AvgIpc) is 3.02. The second kappa shape index (κ2) is 4.16. The van der Waals surface area contributed by atoms with Crippen molar-refractivity contribution in [2.75, 3.05) is 13.2 Å². The molecule has 0 N–H and O–H groups in total. The molecule has 17 heavy (non-hydrogen) atoms. The van der Waals surface area contributed by atoms with Crippen molar-refractivity contribution >= 4 is 33.2 Å². The van der Waals surface area contributed by atoms with Gasteiger partial charge in [-0.15, -0.1) is 0 Å². The number of benzene rings is 1. The largest absolute Gasteiger partial charge is 0.489 e. The van der Waals surface area contributed by atoms with E-state index in [4.69, 9.17) is 13.9 Å². The van der Waals surface area contributed by atoms with Crippen LogP contribution in [0.1, 0.15) is 10.4 Å². The van der Waals surface area contributed by atoms with Crippen molar-refractivity contribution in [3.63, 3.8) is 0 Å². The van der Waals surface area contributed by atoms with Crippen molar-refractivity contribution in [1.82, 2.24) is 0 Å². The lowest BCUT2D eigenvalue weighted by atomic mass is 10.1. The van der Waals surface area contributed by atoms with Gasteiger partial charge in [-0.25, -0.2) is 0 Å². The lowest BCUT2D eigenvalue weighted by Crippen LogP contribution is -2.06. The standard InChI is InChI=1S/C12H9BrO4/c13-10-3-7(4-14)11(17-6-8-5-16-8)9-1-2-15-12(9)10/h1-4,8H,5-6H2. The van der Waals surface area contributed by atoms with Crippen molar-refractivity contribution < 1.29 is 18.7 Å². The highest BCUT2D eigenvalue weighted by Crippen LogP contribution is 2.35. The van der Waals surface area contributed by atoms with Crippen molar-refractivity contribution in [2.24, 2.45) is 0 Å². The first-order chi connectivity index (χ1) is 8.29. The highest BCUT2D eigenvalue weighted by Gasteiger charge is 2.24. The summed E-state index contributed by atoms with van der Waals surface area (Å²) in [5, 5.41) is 0.794. The molecule has 1 aromatic heterocycles. The van der Waals surface area contributed by atoms with Crippen LogP contribution >= 0.6 is 15.9 Å². The van der Waals surface area contributed by atoms with E-state index in [1.165, 1.54) is 0 Å². The van der Waals surface area contributed by atoms with Crippen LogP contribution in [0.25, 0.3) is 11.0 Å². The van der Waals surface area contributed by atoms with Crippen LogP contribution in [0.2, 0.25) is 0 Å². The number of rotatable bonds is 4. The highest BCUT2D eigenvalue weighted by atomic mass is 79.9. The summed E-state index contributed by atoms with van der Waals surface area (Å²) in [6, 6.07) is 3.48.